The summed E-state index contributed by atoms with van der Waals surface area (Å²) < 4.78 is 18.7. The Morgan fingerprint density at radius 1 is 1.33 bits per heavy atom. The van der Waals surface area contributed by atoms with E-state index < -0.39 is 11.7 Å². The molecule has 1 unspecified atom stereocenters. The van der Waals surface area contributed by atoms with Crippen LogP contribution in [0.3, 0.4) is 0 Å². The molecule has 1 amide bonds. The first-order valence-electron chi connectivity index (χ1n) is 8.17. The van der Waals surface area contributed by atoms with Crippen LogP contribution in [0.15, 0.2) is 16.9 Å². The van der Waals surface area contributed by atoms with E-state index in [4.69, 9.17) is 4.74 Å². The topological polar surface area (TPSA) is 68.3 Å². The molecule has 1 aromatic rings. The van der Waals surface area contributed by atoms with Gasteiger partial charge in [-0.3, -0.25) is 9.59 Å². The van der Waals surface area contributed by atoms with Crippen LogP contribution < -0.4 is 5.32 Å². The zero-order valence-electron chi connectivity index (χ0n) is 13.2. The third kappa shape index (κ3) is 2.20. The average Bonchev–Trinajstić information content (AvgIpc) is 3.23. The summed E-state index contributed by atoms with van der Waals surface area (Å²) in [5.74, 6) is -1.38. The molecule has 3 aliphatic carbocycles. The lowest BCUT2D eigenvalue weighted by molar-refractivity contribution is -0.151. The van der Waals surface area contributed by atoms with Crippen molar-refractivity contribution >= 4 is 33.5 Å². The van der Waals surface area contributed by atoms with Crippen LogP contribution in [0.4, 0.5) is 10.1 Å². The SMILES string of the molecule is COC(=O)[C@H]1C(C(=O)Nc2cnc(Br)c(F)c2)[C@@H]2CC[C@H]1C21CC1. The fourth-order valence-electron chi connectivity index (χ4n) is 5.18. The molecule has 4 rings (SSSR count). The second-order valence-electron chi connectivity index (χ2n) is 7.08. The summed E-state index contributed by atoms with van der Waals surface area (Å²) in [5, 5.41) is 2.74. The van der Waals surface area contributed by atoms with Crippen LogP contribution in [0.1, 0.15) is 25.7 Å². The standard InChI is InChI=1S/C17H18BrFN2O3/c1-24-16(23)13-10-3-2-9(17(10)4-5-17)12(13)15(22)21-8-6-11(19)14(18)20-7-8/h6-7,9-10,12-13H,2-5H2,1H3,(H,21,22)/t9-,10+,12?,13+/m0/s1. The smallest absolute Gasteiger partial charge is 0.309 e. The summed E-state index contributed by atoms with van der Waals surface area (Å²) in [6.07, 6.45) is 5.55. The first-order chi connectivity index (χ1) is 11.5. The summed E-state index contributed by atoms with van der Waals surface area (Å²) >= 11 is 2.99. The Morgan fingerprint density at radius 2 is 2.00 bits per heavy atom. The number of aromatic nitrogens is 1. The van der Waals surface area contributed by atoms with Gasteiger partial charge in [0.25, 0.3) is 0 Å². The van der Waals surface area contributed by atoms with Gasteiger partial charge in [0.1, 0.15) is 4.60 Å². The number of amides is 1. The fraction of sp³-hybridized carbons (Fsp3) is 0.588. The monoisotopic (exact) mass is 396 g/mol. The number of hydrogen-bond acceptors (Lipinski definition) is 4. The highest BCUT2D eigenvalue weighted by Crippen LogP contribution is 2.74. The molecule has 3 fully saturated rings. The maximum Gasteiger partial charge on any atom is 0.309 e. The Kier molecular flexibility index (Phi) is 3.67. The Bertz CT molecular complexity index is 722. The minimum Gasteiger partial charge on any atom is -0.469 e. The van der Waals surface area contributed by atoms with Gasteiger partial charge in [-0.2, -0.15) is 0 Å². The zero-order valence-corrected chi connectivity index (χ0v) is 14.8. The molecule has 0 aromatic carbocycles. The van der Waals surface area contributed by atoms with Gasteiger partial charge < -0.3 is 10.1 Å². The molecule has 0 saturated heterocycles. The van der Waals surface area contributed by atoms with Crippen molar-refractivity contribution < 1.29 is 18.7 Å². The van der Waals surface area contributed by atoms with E-state index in [9.17, 15) is 14.0 Å². The van der Waals surface area contributed by atoms with E-state index in [1.165, 1.54) is 19.4 Å². The zero-order chi connectivity index (χ0) is 17.1. The Hall–Kier alpha value is -1.50. The number of rotatable bonds is 3. The number of methoxy groups -OCH3 is 1. The van der Waals surface area contributed by atoms with Crippen molar-refractivity contribution in [2.75, 3.05) is 12.4 Å². The molecule has 1 spiro atoms. The van der Waals surface area contributed by atoms with Gasteiger partial charge in [0.05, 0.1) is 30.8 Å². The summed E-state index contributed by atoms with van der Waals surface area (Å²) in [4.78, 5) is 29.0. The molecular formula is C17H18BrFN2O3. The van der Waals surface area contributed by atoms with Crippen molar-refractivity contribution in [2.24, 2.45) is 29.1 Å². The summed E-state index contributed by atoms with van der Waals surface area (Å²) in [6, 6.07) is 1.22. The third-order valence-corrected chi connectivity index (χ3v) is 6.77. The maximum absolute atomic E-state index is 13.6. The molecular weight excluding hydrogens is 379 g/mol. The van der Waals surface area contributed by atoms with E-state index in [1.807, 2.05) is 0 Å². The summed E-state index contributed by atoms with van der Waals surface area (Å²) in [5.41, 5.74) is 0.460. The Labute approximate surface area is 147 Å². The lowest BCUT2D eigenvalue weighted by atomic mass is 9.78. The van der Waals surface area contributed by atoms with Crippen LogP contribution >= 0.6 is 15.9 Å². The summed E-state index contributed by atoms with van der Waals surface area (Å²) in [6.45, 7) is 0. The van der Waals surface area contributed by atoms with Gasteiger partial charge in [-0.05, 0) is 58.9 Å². The van der Waals surface area contributed by atoms with Gasteiger partial charge in [0.15, 0.2) is 5.82 Å². The Morgan fingerprint density at radius 3 is 2.58 bits per heavy atom. The van der Waals surface area contributed by atoms with Crippen LogP contribution in [0, 0.1) is 34.9 Å². The molecule has 128 valence electrons. The number of nitrogens with zero attached hydrogens (tertiary/aromatic N) is 1. The molecule has 24 heavy (non-hydrogen) atoms. The Balaban J connectivity index is 1.60. The highest BCUT2D eigenvalue weighted by molar-refractivity contribution is 9.10. The third-order valence-electron chi connectivity index (χ3n) is 6.19. The van der Waals surface area contributed by atoms with E-state index in [0.717, 1.165) is 25.7 Å². The quantitative estimate of drug-likeness (QED) is 0.629. The molecule has 3 saturated carbocycles. The van der Waals surface area contributed by atoms with Crippen LogP contribution in [-0.2, 0) is 14.3 Å². The van der Waals surface area contributed by atoms with Crippen molar-refractivity contribution in [2.45, 2.75) is 25.7 Å². The number of pyridine rings is 1. The van der Waals surface area contributed by atoms with Crippen molar-refractivity contribution in [3.63, 3.8) is 0 Å². The van der Waals surface area contributed by atoms with Crippen molar-refractivity contribution in [3.05, 3.63) is 22.7 Å². The van der Waals surface area contributed by atoms with E-state index in [1.54, 1.807) is 0 Å². The molecule has 1 N–H and O–H groups in total. The largest absolute Gasteiger partial charge is 0.469 e. The molecule has 2 bridgehead atoms. The lowest BCUT2D eigenvalue weighted by Crippen LogP contribution is -2.38. The highest BCUT2D eigenvalue weighted by atomic mass is 79.9. The number of carbonyl (C=O) groups excluding carboxylic acids is 2. The van der Waals surface area contributed by atoms with E-state index in [0.29, 0.717) is 5.69 Å². The average molecular weight is 397 g/mol. The van der Waals surface area contributed by atoms with Crippen molar-refractivity contribution in [3.8, 4) is 0 Å². The van der Waals surface area contributed by atoms with Crippen molar-refractivity contribution in [1.82, 2.24) is 4.98 Å². The predicted molar refractivity (Wildman–Crippen MR) is 87.4 cm³/mol. The van der Waals surface area contributed by atoms with Crippen LogP contribution in [0.25, 0.3) is 0 Å². The molecule has 5 nitrogen and oxygen atoms in total. The second kappa shape index (κ2) is 5.51. The van der Waals surface area contributed by atoms with Gasteiger partial charge in [0.2, 0.25) is 5.91 Å². The summed E-state index contributed by atoms with van der Waals surface area (Å²) in [7, 11) is 1.37. The molecule has 0 radical (unpaired) electrons. The van der Waals surface area contributed by atoms with Gasteiger partial charge in [-0.1, -0.05) is 0 Å². The number of nitrogens with one attached hydrogen (secondary N) is 1. The molecule has 7 heteroatoms. The van der Waals surface area contributed by atoms with Crippen LogP contribution in [0.2, 0.25) is 0 Å². The fourth-order valence-corrected chi connectivity index (χ4v) is 5.39. The molecule has 0 aliphatic heterocycles. The van der Waals surface area contributed by atoms with Crippen LogP contribution in [-0.4, -0.2) is 24.0 Å². The predicted octanol–water partition coefficient (Wildman–Crippen LogP) is 3.15. The normalized spacial score (nSPS) is 32.0. The number of ether oxygens (including phenoxy) is 1. The molecule has 3 aliphatic rings. The second-order valence-corrected chi connectivity index (χ2v) is 7.84. The number of carbonyl (C=O) groups is 2. The number of esters is 1. The number of halogens is 2. The van der Waals surface area contributed by atoms with E-state index in [-0.39, 0.29) is 39.6 Å². The molecule has 1 heterocycles. The van der Waals surface area contributed by atoms with Gasteiger partial charge in [-0.15, -0.1) is 0 Å². The minimum atomic E-state index is -0.538. The lowest BCUT2D eigenvalue weighted by Gasteiger charge is -2.27. The first-order valence-corrected chi connectivity index (χ1v) is 8.97. The van der Waals surface area contributed by atoms with Crippen LogP contribution in [0.5, 0.6) is 0 Å². The van der Waals surface area contributed by atoms with Gasteiger partial charge in [0, 0.05) is 6.07 Å². The first kappa shape index (κ1) is 16.0. The van der Waals surface area contributed by atoms with Gasteiger partial charge >= 0.3 is 5.97 Å². The van der Waals surface area contributed by atoms with E-state index in [2.05, 4.69) is 26.2 Å². The van der Waals surface area contributed by atoms with Crippen molar-refractivity contribution in [1.29, 1.82) is 0 Å². The van der Waals surface area contributed by atoms with E-state index >= 15 is 0 Å². The molecule has 1 aromatic heterocycles. The number of anilines is 1. The minimum absolute atomic E-state index is 0.102. The highest BCUT2D eigenvalue weighted by Gasteiger charge is 2.71. The van der Waals surface area contributed by atoms with Gasteiger partial charge in [-0.25, -0.2) is 9.37 Å². The maximum atomic E-state index is 13.6. The number of hydrogen-bond donors (Lipinski definition) is 1. The molecule has 4 atom stereocenters.